The number of anilines is 3. The zero-order chi connectivity index (χ0) is 57.2. The average molecular weight is 1220 g/mol. The Morgan fingerprint density at radius 3 is 0.815 bits per heavy atom. The molecule has 1 heterocycles. The smallest absolute Gasteiger partial charge is 0.651 e. The van der Waals surface area contributed by atoms with Crippen LogP contribution >= 0.6 is 23.8 Å². The number of para-hydroxylation sites is 6. The third kappa shape index (κ3) is 20.7. The van der Waals surface area contributed by atoms with Gasteiger partial charge < -0.3 is 25.6 Å². The first-order valence-electron chi connectivity index (χ1n) is 29.1. The quantitative estimate of drug-likeness (QED) is 0.0501. The maximum Gasteiger partial charge on any atom is 3.00 e. The molecule has 0 aliphatic carbocycles. The van der Waals surface area contributed by atoms with Crippen molar-refractivity contribution in [2.24, 2.45) is 0 Å². The molecule has 6 nitrogen and oxygen atoms in total. The van der Waals surface area contributed by atoms with Crippen molar-refractivity contribution >= 4 is 85.9 Å². The molecule has 0 unspecified atom stereocenters. The summed E-state index contributed by atoms with van der Waals surface area (Å²) in [7, 11) is -1.94. The molecule has 81 heavy (non-hydrogen) atoms. The van der Waals surface area contributed by atoms with E-state index in [0.717, 1.165) is 66.2 Å². The van der Waals surface area contributed by atoms with Crippen LogP contribution in [0.4, 0.5) is 34.1 Å². The number of nitriles is 1. The Labute approximate surface area is 516 Å². The van der Waals surface area contributed by atoms with Crippen molar-refractivity contribution in [1.29, 1.82) is 5.26 Å². The summed E-state index contributed by atoms with van der Waals surface area (Å²) in [6.45, 7) is 31.8. The molecule has 1 aliphatic rings. The van der Waals surface area contributed by atoms with E-state index in [0.29, 0.717) is 34.0 Å². The van der Waals surface area contributed by atoms with E-state index >= 15 is 0 Å². The first-order chi connectivity index (χ1) is 38.2. The summed E-state index contributed by atoms with van der Waals surface area (Å²) in [5.41, 5.74) is 15.8. The normalized spacial score (nSPS) is 12.0. The molecule has 0 saturated carbocycles. The molecule has 0 aromatic heterocycles. The fourth-order valence-electron chi connectivity index (χ4n) is 11.0. The summed E-state index contributed by atoms with van der Waals surface area (Å²) in [6, 6.07) is 71.4. The van der Waals surface area contributed by atoms with Crippen LogP contribution in [0.5, 0.6) is 0 Å². The van der Waals surface area contributed by atoms with Gasteiger partial charge in [-0.05, 0) is 157 Å². The topological polar surface area (TPSA) is 78.6 Å². The van der Waals surface area contributed by atoms with E-state index in [4.69, 9.17) is 25.9 Å². The van der Waals surface area contributed by atoms with E-state index in [1.807, 2.05) is 0 Å². The Morgan fingerprint density at radius 1 is 0.407 bits per heavy atom. The first kappa shape index (κ1) is 70.8. The largest absolute Gasteiger partial charge is 3.00 e. The molecule has 1 aliphatic heterocycles. The van der Waals surface area contributed by atoms with Crippen molar-refractivity contribution in [3.63, 3.8) is 0 Å². The summed E-state index contributed by atoms with van der Waals surface area (Å²) >= 11 is 0. The van der Waals surface area contributed by atoms with Crippen LogP contribution in [0.2, 0.25) is 0 Å². The van der Waals surface area contributed by atoms with Crippen LogP contribution in [-0.2, 0) is 38.9 Å². The molecular weight excluding hydrogens is 1130 g/mol. The van der Waals surface area contributed by atoms with Gasteiger partial charge in [-0.15, -0.1) is 17.1 Å². The molecular formula is C69H94BCoCrN5OP3+4. The molecule has 7 aromatic carbocycles. The molecule has 0 spiro atoms. The predicted octanol–water partition coefficient (Wildman–Crippen LogP) is 18.5. The number of hydrogen-bond donors (Lipinski definition) is 0. The van der Waals surface area contributed by atoms with Crippen molar-refractivity contribution in [2.45, 2.75) is 137 Å². The molecule has 0 N–H and O–H groups in total. The van der Waals surface area contributed by atoms with Crippen LogP contribution in [0.25, 0.3) is 16.0 Å². The number of benzene rings is 7. The van der Waals surface area contributed by atoms with Gasteiger partial charge in [-0.3, -0.25) is 0 Å². The van der Waals surface area contributed by atoms with Crippen molar-refractivity contribution in [3.8, 4) is 6.07 Å². The maximum absolute atomic E-state index is 7.32. The van der Waals surface area contributed by atoms with Gasteiger partial charge in [0, 0.05) is 37.2 Å². The van der Waals surface area contributed by atoms with Crippen LogP contribution in [0.15, 0.2) is 194 Å². The minimum absolute atomic E-state index is 0. The molecule has 2 radical (unpaired) electrons. The van der Waals surface area contributed by atoms with Crippen LogP contribution < -0.4 is 26.8 Å². The monoisotopic (exact) mass is 1220 g/mol. The van der Waals surface area contributed by atoms with Gasteiger partial charge in [-0.2, -0.15) is 27.1 Å². The van der Waals surface area contributed by atoms with Gasteiger partial charge >= 0.3 is 34.1 Å². The zero-order valence-electron chi connectivity index (χ0n) is 50.9. The Hall–Kier alpha value is -4.42. The summed E-state index contributed by atoms with van der Waals surface area (Å²) in [5, 5.41) is 23.4. The van der Waals surface area contributed by atoms with Gasteiger partial charge in [0.15, 0.2) is 0 Å². The van der Waals surface area contributed by atoms with Gasteiger partial charge in [0.25, 0.3) is 0 Å². The predicted molar refractivity (Wildman–Crippen MR) is 362 cm³/mol. The van der Waals surface area contributed by atoms with Crippen LogP contribution in [0.3, 0.4) is 0 Å². The minimum Gasteiger partial charge on any atom is -0.651 e. The molecule has 1 saturated heterocycles. The standard InChI is InChI=1S/C39H60N4P3.C24H20B.C4H8O.C2H3N.Co.Cr/c1-28(2)44(29(3)4)25-40-34-19-13-16-22-37(34)43(38-23-17-14-20-35(38)41-26-45(30(5)6)31(7)8)39-24-18-15-21-36(39)42-27-46(32(9)10)33(11)12;1-5-13-21(14-6-1)25(22-15-7-2-8-16-22,23-17-9-3-10-18-23)24-19-11-4-12-20-24;1-2-4-5-3-1;1-2-3;;/h13-24,28-33H,25-27H2,1-12H3;1-20H;1-4H2;1H3;;/q-3;-1;;;+2;+3/p+3. The van der Waals surface area contributed by atoms with E-state index in [1.165, 1.54) is 41.6 Å². The van der Waals surface area contributed by atoms with E-state index in [-0.39, 0.29) is 34.1 Å². The molecule has 12 heteroatoms. The Morgan fingerprint density at radius 2 is 0.617 bits per heavy atom. The molecule has 0 atom stereocenters. The Balaban J connectivity index is 0.000000407. The van der Waals surface area contributed by atoms with Gasteiger partial charge in [0.2, 0.25) is 0 Å². The Bertz CT molecular complexity index is 2460. The van der Waals surface area contributed by atoms with Crippen LogP contribution in [0, 0.1) is 11.3 Å². The molecule has 1 fully saturated rings. The molecule has 430 valence electrons. The zero-order valence-corrected chi connectivity index (χ0v) is 56.2. The average Bonchev–Trinajstić information content (AvgIpc) is 4.20. The summed E-state index contributed by atoms with van der Waals surface area (Å²) < 4.78 is 4.94. The summed E-state index contributed by atoms with van der Waals surface area (Å²) in [4.78, 5) is 2.40. The van der Waals surface area contributed by atoms with Gasteiger partial charge in [0.05, 0.1) is 40.0 Å². The molecule has 8 rings (SSSR count). The SMILES string of the molecule is C1CCOC1.CC#N.CC(C)[PH+](C[N-]c1ccccc1N(c1ccccc1[N-]C[PH+](C(C)C)C(C)C)c1ccccc1[N-]C[PH+](C(C)C)C(C)C)C(C)C.[Co+2].[Cr+3].c1ccc([B-](c2ccccc2)(c2ccccc2)c2ccccc2)cc1. The van der Waals surface area contributed by atoms with E-state index in [1.54, 1.807) is 6.07 Å². The molecule has 0 amide bonds. The van der Waals surface area contributed by atoms with E-state index in [2.05, 4.69) is 282 Å². The number of hydrogen-bond acceptors (Lipinski definition) is 3. The molecule has 7 aromatic rings. The minimum atomic E-state index is -1.22. The van der Waals surface area contributed by atoms with Crippen molar-refractivity contribution in [1.82, 2.24) is 0 Å². The maximum atomic E-state index is 7.32. The number of nitrogens with zero attached hydrogens (tertiary/aromatic N) is 5. The first-order valence-corrected chi connectivity index (χ1v) is 34.7. The van der Waals surface area contributed by atoms with E-state index in [9.17, 15) is 0 Å². The van der Waals surface area contributed by atoms with Crippen molar-refractivity contribution in [2.75, 3.05) is 37.0 Å². The van der Waals surface area contributed by atoms with Gasteiger partial charge in [-0.25, -0.2) is 0 Å². The number of ether oxygens (including phenoxy) is 1. The summed E-state index contributed by atoms with van der Waals surface area (Å²) in [6.07, 6.45) is 4.07. The second-order valence-corrected chi connectivity index (χ2v) is 33.8. The van der Waals surface area contributed by atoms with Gasteiger partial charge in [-0.1, -0.05) is 176 Å². The fourth-order valence-corrected chi connectivity index (χ4v) is 18.3. The third-order valence-corrected chi connectivity index (χ3v) is 25.6. The molecule has 0 bridgehead atoms. The van der Waals surface area contributed by atoms with Crippen molar-refractivity contribution < 1.29 is 38.9 Å². The summed E-state index contributed by atoms with van der Waals surface area (Å²) in [5.74, 6) is 0. The third-order valence-electron chi connectivity index (χ3n) is 15.1. The van der Waals surface area contributed by atoms with E-state index < -0.39 is 29.9 Å². The fraction of sp³-hybridized carbons (Fsp3) is 0.377. The number of rotatable bonds is 22. The van der Waals surface area contributed by atoms with Crippen molar-refractivity contribution in [3.05, 3.63) is 210 Å². The van der Waals surface area contributed by atoms with Crippen LogP contribution in [-0.4, -0.2) is 72.2 Å². The second-order valence-electron chi connectivity index (χ2n) is 22.5. The van der Waals surface area contributed by atoms with Gasteiger partial charge in [0.1, 0.15) is 6.15 Å². The Kier molecular flexibility index (Phi) is 33.0. The van der Waals surface area contributed by atoms with Crippen LogP contribution in [0.1, 0.15) is 103 Å². The second kappa shape index (κ2) is 37.7.